The maximum Gasteiger partial charge on any atom is 0.159 e. The molecule has 94 valence electrons. The lowest BCUT2D eigenvalue weighted by Gasteiger charge is -2.35. The molecule has 3 atom stereocenters. The van der Waals surface area contributed by atoms with E-state index in [1.54, 1.807) is 6.07 Å². The van der Waals surface area contributed by atoms with Gasteiger partial charge in [0, 0.05) is 25.1 Å². The van der Waals surface area contributed by atoms with Gasteiger partial charge in [-0.3, -0.25) is 0 Å². The van der Waals surface area contributed by atoms with E-state index in [0.29, 0.717) is 12.6 Å². The first-order valence-corrected chi connectivity index (χ1v) is 5.91. The second kappa shape index (κ2) is 5.10. The van der Waals surface area contributed by atoms with E-state index in [1.807, 2.05) is 0 Å². The lowest BCUT2D eigenvalue weighted by molar-refractivity contribution is 0.165. The zero-order valence-electron chi connectivity index (χ0n) is 9.79. The van der Waals surface area contributed by atoms with Gasteiger partial charge in [0.1, 0.15) is 0 Å². The molecule has 17 heavy (non-hydrogen) atoms. The van der Waals surface area contributed by atoms with Crippen LogP contribution in [0.25, 0.3) is 0 Å². The molecule has 2 nitrogen and oxygen atoms in total. The molecule has 0 radical (unpaired) electrons. The number of hydrogen-bond acceptors (Lipinski definition) is 2. The van der Waals surface area contributed by atoms with Crippen LogP contribution in [0.5, 0.6) is 0 Å². The summed E-state index contributed by atoms with van der Waals surface area (Å²) in [7, 11) is 0. The lowest BCUT2D eigenvalue weighted by atomic mass is 9.79. The molecule has 1 fully saturated rings. The van der Waals surface area contributed by atoms with Crippen LogP contribution >= 0.6 is 0 Å². The minimum atomic E-state index is -0.823. The third-order valence-electron chi connectivity index (χ3n) is 3.51. The molecule has 0 aromatic heterocycles. The highest BCUT2D eigenvalue weighted by molar-refractivity contribution is 5.23. The predicted molar refractivity (Wildman–Crippen MR) is 61.8 cm³/mol. The minimum Gasteiger partial charge on any atom is -0.396 e. The summed E-state index contributed by atoms with van der Waals surface area (Å²) in [6, 6.07) is 4.35. The molecule has 0 amide bonds. The van der Waals surface area contributed by atoms with Crippen LogP contribution in [0.3, 0.4) is 0 Å². The lowest BCUT2D eigenvalue weighted by Crippen LogP contribution is -2.42. The summed E-state index contributed by atoms with van der Waals surface area (Å²) in [6.07, 6.45) is 0.830. The fraction of sp³-hybridized carbons (Fsp3) is 0.538. The Kier molecular flexibility index (Phi) is 3.74. The van der Waals surface area contributed by atoms with E-state index in [4.69, 9.17) is 0 Å². The van der Waals surface area contributed by atoms with Crippen LogP contribution in [0.15, 0.2) is 18.2 Å². The summed E-state index contributed by atoms with van der Waals surface area (Å²) in [4.78, 5) is 0. The van der Waals surface area contributed by atoms with Crippen molar-refractivity contribution in [2.45, 2.75) is 25.3 Å². The van der Waals surface area contributed by atoms with Crippen molar-refractivity contribution in [1.29, 1.82) is 0 Å². The van der Waals surface area contributed by atoms with Gasteiger partial charge < -0.3 is 10.4 Å². The van der Waals surface area contributed by atoms with Gasteiger partial charge in [0.25, 0.3) is 0 Å². The molecule has 4 heteroatoms. The van der Waals surface area contributed by atoms with E-state index in [2.05, 4.69) is 12.2 Å². The van der Waals surface area contributed by atoms with E-state index < -0.39 is 11.6 Å². The highest BCUT2D eigenvalue weighted by Gasteiger charge is 2.29. The first-order chi connectivity index (χ1) is 8.11. The molecule has 1 aromatic rings. The van der Waals surface area contributed by atoms with Crippen LogP contribution in [0.1, 0.15) is 24.8 Å². The highest BCUT2D eigenvalue weighted by Crippen LogP contribution is 2.32. The molecule has 2 N–H and O–H groups in total. The molecule has 1 heterocycles. The zero-order chi connectivity index (χ0) is 12.4. The Morgan fingerprint density at radius 2 is 2.12 bits per heavy atom. The molecule has 0 saturated carbocycles. The molecular weight excluding hydrogens is 224 g/mol. The topological polar surface area (TPSA) is 32.3 Å². The number of piperidine rings is 1. The average Bonchev–Trinajstić information content (AvgIpc) is 2.32. The normalized spacial score (nSPS) is 29.3. The maximum atomic E-state index is 13.2. The van der Waals surface area contributed by atoms with E-state index in [0.717, 1.165) is 18.1 Å². The van der Waals surface area contributed by atoms with Crippen LogP contribution in [0, 0.1) is 17.6 Å². The van der Waals surface area contributed by atoms with Crippen molar-refractivity contribution in [2.75, 3.05) is 13.2 Å². The quantitative estimate of drug-likeness (QED) is 0.830. The smallest absolute Gasteiger partial charge is 0.159 e. The van der Waals surface area contributed by atoms with Crippen molar-refractivity contribution in [1.82, 2.24) is 5.32 Å². The number of benzene rings is 1. The van der Waals surface area contributed by atoms with Crippen LogP contribution < -0.4 is 5.32 Å². The second-order valence-corrected chi connectivity index (χ2v) is 4.77. The first-order valence-electron chi connectivity index (χ1n) is 5.91. The Hall–Kier alpha value is -1.00. The van der Waals surface area contributed by atoms with Gasteiger partial charge in [-0.1, -0.05) is 6.07 Å². The highest BCUT2D eigenvalue weighted by atomic mass is 19.2. The second-order valence-electron chi connectivity index (χ2n) is 4.77. The van der Waals surface area contributed by atoms with Gasteiger partial charge in [0.2, 0.25) is 0 Å². The van der Waals surface area contributed by atoms with Crippen LogP contribution in [-0.4, -0.2) is 24.3 Å². The summed E-state index contributed by atoms with van der Waals surface area (Å²) in [6.45, 7) is 2.82. The summed E-state index contributed by atoms with van der Waals surface area (Å²) in [5.41, 5.74) is 0.774. The van der Waals surface area contributed by atoms with E-state index in [1.165, 1.54) is 6.07 Å². The Morgan fingerprint density at radius 1 is 1.35 bits per heavy atom. The number of nitrogens with one attached hydrogen (secondary N) is 1. The molecule has 0 unspecified atom stereocenters. The Morgan fingerprint density at radius 3 is 2.76 bits per heavy atom. The van der Waals surface area contributed by atoms with Crippen molar-refractivity contribution in [3.8, 4) is 0 Å². The molecule has 0 aliphatic carbocycles. The largest absolute Gasteiger partial charge is 0.396 e. The standard InChI is InChI=1S/C13H17F2NO/c1-8-4-11(10(7-17)6-16-8)9-2-3-12(14)13(15)5-9/h2-3,5,8,10-11,16-17H,4,6-7H2,1H3/t8-,10+,11-/m0/s1. The van der Waals surface area contributed by atoms with Crippen LogP contribution in [0.4, 0.5) is 8.78 Å². The number of aliphatic hydroxyl groups excluding tert-OH is 1. The summed E-state index contributed by atoms with van der Waals surface area (Å²) >= 11 is 0. The van der Waals surface area contributed by atoms with Gasteiger partial charge in [0.05, 0.1) is 0 Å². The molecular formula is C13H17F2NO. The maximum absolute atomic E-state index is 13.2. The van der Waals surface area contributed by atoms with Gasteiger partial charge in [0.15, 0.2) is 11.6 Å². The molecule has 0 spiro atoms. The van der Waals surface area contributed by atoms with E-state index in [9.17, 15) is 13.9 Å². The van der Waals surface area contributed by atoms with Crippen molar-refractivity contribution < 1.29 is 13.9 Å². The predicted octanol–water partition coefficient (Wildman–Crippen LogP) is 2.04. The number of halogens is 2. The van der Waals surface area contributed by atoms with Crippen molar-refractivity contribution in [3.63, 3.8) is 0 Å². The van der Waals surface area contributed by atoms with E-state index in [-0.39, 0.29) is 18.4 Å². The molecule has 1 saturated heterocycles. The number of hydrogen-bond donors (Lipinski definition) is 2. The molecule has 2 rings (SSSR count). The van der Waals surface area contributed by atoms with Crippen molar-refractivity contribution in [3.05, 3.63) is 35.4 Å². The van der Waals surface area contributed by atoms with Crippen molar-refractivity contribution >= 4 is 0 Å². The van der Waals surface area contributed by atoms with Crippen LogP contribution in [0.2, 0.25) is 0 Å². The Labute approximate surface area is 99.7 Å². The minimum absolute atomic E-state index is 0.0589. The van der Waals surface area contributed by atoms with Gasteiger partial charge in [-0.25, -0.2) is 8.78 Å². The number of aliphatic hydroxyl groups is 1. The molecule has 1 aliphatic rings. The summed E-state index contributed by atoms with van der Waals surface area (Å²) in [5.74, 6) is -1.48. The fourth-order valence-corrected chi connectivity index (χ4v) is 2.49. The van der Waals surface area contributed by atoms with Gasteiger partial charge in [-0.05, 0) is 37.0 Å². The summed E-state index contributed by atoms with van der Waals surface area (Å²) < 4.78 is 26.1. The Bertz CT molecular complexity index is 397. The van der Waals surface area contributed by atoms with Gasteiger partial charge >= 0.3 is 0 Å². The first kappa shape index (κ1) is 12.5. The van der Waals surface area contributed by atoms with E-state index >= 15 is 0 Å². The van der Waals surface area contributed by atoms with Crippen molar-refractivity contribution in [2.24, 2.45) is 5.92 Å². The monoisotopic (exact) mass is 241 g/mol. The average molecular weight is 241 g/mol. The molecule has 0 bridgehead atoms. The van der Waals surface area contributed by atoms with Gasteiger partial charge in [-0.15, -0.1) is 0 Å². The summed E-state index contributed by atoms with van der Waals surface area (Å²) in [5, 5.41) is 12.6. The van der Waals surface area contributed by atoms with Gasteiger partial charge in [-0.2, -0.15) is 0 Å². The zero-order valence-corrected chi connectivity index (χ0v) is 9.79. The Balaban J connectivity index is 2.25. The molecule has 1 aromatic carbocycles. The fourth-order valence-electron chi connectivity index (χ4n) is 2.49. The third-order valence-corrected chi connectivity index (χ3v) is 3.51. The third kappa shape index (κ3) is 2.64. The molecule has 1 aliphatic heterocycles. The number of rotatable bonds is 2. The van der Waals surface area contributed by atoms with Crippen LogP contribution in [-0.2, 0) is 0 Å². The SMILES string of the molecule is C[C@H]1C[C@@H](c2ccc(F)c(F)c2)[C@@H](CO)CN1.